The van der Waals surface area contributed by atoms with Gasteiger partial charge in [-0.2, -0.15) is 5.10 Å². The highest BCUT2D eigenvalue weighted by Gasteiger charge is 2.15. The van der Waals surface area contributed by atoms with Crippen LogP contribution in [-0.4, -0.2) is 46.8 Å². The van der Waals surface area contributed by atoms with Gasteiger partial charge in [0.2, 0.25) is 11.3 Å². The molecule has 0 spiro atoms. The lowest BCUT2D eigenvalue weighted by Crippen LogP contribution is -2.36. The number of para-hydroxylation sites is 1. The second-order valence-electron chi connectivity index (χ2n) is 6.60. The zero-order valence-corrected chi connectivity index (χ0v) is 14.1. The topological polar surface area (TPSA) is 67.2 Å². The van der Waals surface area contributed by atoms with Crippen molar-refractivity contribution in [3.05, 3.63) is 40.7 Å². The molecule has 1 amide bonds. The number of aromatic nitrogens is 2. The average Bonchev–Trinajstić information content (AvgIpc) is 3.09. The summed E-state index contributed by atoms with van der Waals surface area (Å²) < 4.78 is 1.58. The summed E-state index contributed by atoms with van der Waals surface area (Å²) >= 11 is 0. The predicted octanol–water partition coefficient (Wildman–Crippen LogP) is 1.24. The number of nitrogens with zero attached hydrogens (tertiary/aromatic N) is 3. The van der Waals surface area contributed by atoms with Crippen LogP contribution in [0.2, 0.25) is 0 Å². The van der Waals surface area contributed by atoms with E-state index in [9.17, 15) is 9.59 Å². The number of hydrogen-bond acceptors (Lipinski definition) is 4. The van der Waals surface area contributed by atoms with Crippen molar-refractivity contribution >= 4 is 16.8 Å². The lowest BCUT2D eigenvalue weighted by molar-refractivity contribution is -0.122. The monoisotopic (exact) mass is 328 g/mol. The van der Waals surface area contributed by atoms with Gasteiger partial charge < -0.3 is 10.2 Å². The van der Waals surface area contributed by atoms with E-state index in [1.807, 2.05) is 18.2 Å². The molecule has 24 heavy (non-hydrogen) atoms. The van der Waals surface area contributed by atoms with E-state index in [1.54, 1.807) is 10.7 Å². The van der Waals surface area contributed by atoms with Gasteiger partial charge in [0.15, 0.2) is 0 Å². The fourth-order valence-electron chi connectivity index (χ4n) is 3.24. The molecule has 6 nitrogen and oxygen atoms in total. The molecule has 128 valence electrons. The molecule has 0 radical (unpaired) electrons. The van der Waals surface area contributed by atoms with Gasteiger partial charge in [0.25, 0.3) is 0 Å². The Hall–Kier alpha value is -2.21. The largest absolute Gasteiger partial charge is 0.354 e. The number of carbonyl (C=O) groups excluding carboxylic acids is 1. The zero-order chi connectivity index (χ0) is 16.9. The lowest BCUT2D eigenvalue weighted by Gasteiger charge is -2.20. The van der Waals surface area contributed by atoms with Crippen LogP contribution in [0.4, 0.5) is 0 Å². The summed E-state index contributed by atoms with van der Waals surface area (Å²) in [6.45, 7) is 6.31. The molecule has 3 rings (SSSR count). The van der Waals surface area contributed by atoms with Gasteiger partial charge in [-0.25, -0.2) is 0 Å². The van der Waals surface area contributed by atoms with Crippen LogP contribution in [0.3, 0.4) is 0 Å². The first-order valence-corrected chi connectivity index (χ1v) is 8.57. The Balaban J connectivity index is 1.57. The molecule has 2 heterocycles. The SMILES string of the molecule is C[C@H](CNC(=O)Cn1ncc(=O)c2ccccc21)CN1CCCC1. The smallest absolute Gasteiger partial charge is 0.241 e. The van der Waals surface area contributed by atoms with Gasteiger partial charge in [-0.1, -0.05) is 19.1 Å². The van der Waals surface area contributed by atoms with E-state index in [0.717, 1.165) is 6.54 Å². The molecule has 1 aliphatic rings. The summed E-state index contributed by atoms with van der Waals surface area (Å²) in [6, 6.07) is 7.23. The normalized spacial score (nSPS) is 16.4. The van der Waals surface area contributed by atoms with Crippen molar-refractivity contribution in [3.63, 3.8) is 0 Å². The van der Waals surface area contributed by atoms with Gasteiger partial charge in [-0.15, -0.1) is 0 Å². The summed E-state index contributed by atoms with van der Waals surface area (Å²) in [4.78, 5) is 26.5. The van der Waals surface area contributed by atoms with E-state index in [0.29, 0.717) is 23.4 Å². The van der Waals surface area contributed by atoms with E-state index in [4.69, 9.17) is 0 Å². The van der Waals surface area contributed by atoms with Gasteiger partial charge >= 0.3 is 0 Å². The Kier molecular flexibility index (Phi) is 5.25. The van der Waals surface area contributed by atoms with Crippen LogP contribution in [0, 0.1) is 5.92 Å². The number of amides is 1. The van der Waals surface area contributed by atoms with Gasteiger partial charge in [0.1, 0.15) is 6.54 Å². The Bertz CT molecular complexity index is 765. The maximum atomic E-state index is 12.2. The maximum absolute atomic E-state index is 12.2. The number of rotatable bonds is 6. The maximum Gasteiger partial charge on any atom is 0.241 e. The first kappa shape index (κ1) is 16.6. The van der Waals surface area contributed by atoms with E-state index >= 15 is 0 Å². The zero-order valence-electron chi connectivity index (χ0n) is 14.1. The van der Waals surface area contributed by atoms with Crippen LogP contribution in [0.5, 0.6) is 0 Å². The summed E-state index contributed by atoms with van der Waals surface area (Å²) in [7, 11) is 0. The van der Waals surface area contributed by atoms with Crippen LogP contribution in [0.1, 0.15) is 19.8 Å². The quantitative estimate of drug-likeness (QED) is 0.866. The van der Waals surface area contributed by atoms with E-state index in [-0.39, 0.29) is 17.9 Å². The number of fused-ring (bicyclic) bond motifs is 1. The van der Waals surface area contributed by atoms with E-state index < -0.39 is 0 Å². The van der Waals surface area contributed by atoms with Crippen molar-refractivity contribution in [1.82, 2.24) is 20.0 Å². The molecular weight excluding hydrogens is 304 g/mol. The number of carbonyl (C=O) groups is 1. The van der Waals surface area contributed by atoms with Gasteiger partial charge in [0, 0.05) is 18.5 Å². The molecule has 6 heteroatoms. The summed E-state index contributed by atoms with van der Waals surface area (Å²) in [5.41, 5.74) is 0.562. The van der Waals surface area contributed by atoms with Crippen molar-refractivity contribution < 1.29 is 4.79 Å². The summed E-state index contributed by atoms with van der Waals surface area (Å²) in [5, 5.41) is 7.66. The molecule has 0 aliphatic carbocycles. The molecule has 1 aliphatic heterocycles. The minimum Gasteiger partial charge on any atom is -0.354 e. The fourth-order valence-corrected chi connectivity index (χ4v) is 3.24. The molecule has 2 aromatic rings. The van der Waals surface area contributed by atoms with Crippen molar-refractivity contribution in [2.24, 2.45) is 5.92 Å². The third kappa shape index (κ3) is 4.00. The van der Waals surface area contributed by atoms with Crippen molar-refractivity contribution in [2.75, 3.05) is 26.2 Å². The standard InChI is InChI=1S/C18H24N4O2/c1-14(12-21-8-4-5-9-21)10-19-18(24)13-22-16-7-3-2-6-15(16)17(23)11-20-22/h2-3,6-7,11,14H,4-5,8-10,12-13H2,1H3,(H,19,24)/t14-/m1/s1. The Morgan fingerprint density at radius 1 is 1.29 bits per heavy atom. The summed E-state index contributed by atoms with van der Waals surface area (Å²) in [5.74, 6) is 0.343. The third-order valence-corrected chi connectivity index (χ3v) is 4.47. The van der Waals surface area contributed by atoms with Crippen LogP contribution in [0.25, 0.3) is 10.9 Å². The van der Waals surface area contributed by atoms with Crippen LogP contribution in [0.15, 0.2) is 35.3 Å². The van der Waals surface area contributed by atoms with Crippen LogP contribution < -0.4 is 10.7 Å². The van der Waals surface area contributed by atoms with Gasteiger partial charge in [0.05, 0.1) is 11.7 Å². The average molecular weight is 328 g/mol. The highest BCUT2D eigenvalue weighted by Crippen LogP contribution is 2.10. The molecule has 1 aromatic heterocycles. The summed E-state index contributed by atoms with van der Waals surface area (Å²) in [6.07, 6.45) is 3.83. The Morgan fingerprint density at radius 3 is 2.83 bits per heavy atom. The molecule has 1 fully saturated rings. The number of likely N-dealkylation sites (tertiary alicyclic amines) is 1. The molecule has 1 atom stereocenters. The minimum absolute atomic E-state index is 0.0791. The van der Waals surface area contributed by atoms with Crippen molar-refractivity contribution in [2.45, 2.75) is 26.3 Å². The van der Waals surface area contributed by atoms with Gasteiger partial charge in [-0.3, -0.25) is 14.3 Å². The lowest BCUT2D eigenvalue weighted by atomic mass is 10.1. The van der Waals surface area contributed by atoms with E-state index in [1.165, 1.54) is 32.1 Å². The highest BCUT2D eigenvalue weighted by molar-refractivity contribution is 5.81. The van der Waals surface area contributed by atoms with Crippen LogP contribution in [-0.2, 0) is 11.3 Å². The fraction of sp³-hybridized carbons (Fsp3) is 0.500. The number of hydrogen-bond donors (Lipinski definition) is 1. The molecule has 0 saturated carbocycles. The Morgan fingerprint density at radius 2 is 2.04 bits per heavy atom. The van der Waals surface area contributed by atoms with Crippen molar-refractivity contribution in [1.29, 1.82) is 0 Å². The van der Waals surface area contributed by atoms with E-state index in [2.05, 4.69) is 22.2 Å². The molecule has 1 aromatic carbocycles. The molecule has 0 unspecified atom stereocenters. The molecule has 1 N–H and O–H groups in total. The predicted molar refractivity (Wildman–Crippen MR) is 93.9 cm³/mol. The first-order chi connectivity index (χ1) is 11.6. The van der Waals surface area contributed by atoms with Crippen molar-refractivity contribution in [3.8, 4) is 0 Å². The number of nitrogens with one attached hydrogen (secondary N) is 1. The second kappa shape index (κ2) is 7.57. The molecule has 0 bridgehead atoms. The number of benzene rings is 1. The second-order valence-corrected chi connectivity index (χ2v) is 6.60. The van der Waals surface area contributed by atoms with Gasteiger partial charge in [-0.05, 0) is 44.0 Å². The molecular formula is C18H24N4O2. The molecule has 1 saturated heterocycles. The van der Waals surface area contributed by atoms with Crippen LogP contribution >= 0.6 is 0 Å². The minimum atomic E-state index is -0.124. The Labute approximate surface area is 141 Å². The highest BCUT2D eigenvalue weighted by atomic mass is 16.2. The first-order valence-electron chi connectivity index (χ1n) is 8.57. The third-order valence-electron chi connectivity index (χ3n) is 4.47.